The van der Waals surface area contributed by atoms with Crippen molar-refractivity contribution >= 4 is 21.6 Å². The largest absolute Gasteiger partial charge is 0.378 e. The molecule has 1 aromatic rings. The summed E-state index contributed by atoms with van der Waals surface area (Å²) in [6.45, 7) is 0.747. The molecule has 0 saturated carbocycles. The Morgan fingerprint density at radius 3 is 3.00 bits per heavy atom. The van der Waals surface area contributed by atoms with Gasteiger partial charge >= 0.3 is 0 Å². The number of hydrogen-bond acceptors (Lipinski definition) is 4. The van der Waals surface area contributed by atoms with Crippen molar-refractivity contribution in [2.75, 3.05) is 25.6 Å². The molecule has 0 spiro atoms. The van der Waals surface area contributed by atoms with E-state index in [9.17, 15) is 12.8 Å². The first-order chi connectivity index (χ1) is 8.55. The van der Waals surface area contributed by atoms with Crippen LogP contribution in [0.3, 0.4) is 0 Å². The minimum atomic E-state index is -3.78. The normalized spacial score (nSPS) is 22.0. The second-order valence-corrected chi connectivity index (χ2v) is 6.04. The van der Waals surface area contributed by atoms with Crippen molar-refractivity contribution in [3.63, 3.8) is 0 Å². The molecule has 18 heavy (non-hydrogen) atoms. The van der Waals surface area contributed by atoms with Gasteiger partial charge in [-0.3, -0.25) is 4.98 Å². The highest BCUT2D eigenvalue weighted by Crippen LogP contribution is 2.21. The predicted octanol–water partition coefficient (Wildman–Crippen LogP) is 0.849. The summed E-state index contributed by atoms with van der Waals surface area (Å²) in [5.41, 5.74) is 0. The molecule has 1 atom stereocenters. The molecule has 0 aromatic carbocycles. The van der Waals surface area contributed by atoms with Gasteiger partial charge in [-0.2, -0.15) is 4.31 Å². The number of pyridine rings is 1. The van der Waals surface area contributed by atoms with Gasteiger partial charge in [0.2, 0.25) is 10.0 Å². The van der Waals surface area contributed by atoms with Gasteiger partial charge in [-0.1, -0.05) is 0 Å². The SMILES string of the molecule is O=S(=O)(c1cncc(F)c1)N1CCOCC1CCl. The van der Waals surface area contributed by atoms with Crippen molar-refractivity contribution in [1.82, 2.24) is 9.29 Å². The van der Waals surface area contributed by atoms with E-state index in [2.05, 4.69) is 4.98 Å². The third-order valence-corrected chi connectivity index (χ3v) is 4.91. The number of halogens is 2. The molecule has 0 amide bonds. The van der Waals surface area contributed by atoms with Gasteiger partial charge in [0.25, 0.3) is 0 Å². The number of rotatable bonds is 3. The standard InChI is InChI=1S/C10H12ClFN2O3S/c11-4-9-7-17-2-1-14(9)18(15,16)10-3-8(12)5-13-6-10/h3,5-6,9H,1-2,4,7H2. The first kappa shape index (κ1) is 13.7. The number of ether oxygens (including phenoxy) is 1. The van der Waals surface area contributed by atoms with Crippen LogP contribution >= 0.6 is 11.6 Å². The van der Waals surface area contributed by atoms with Crippen molar-refractivity contribution < 1.29 is 17.5 Å². The molecule has 1 aromatic heterocycles. The number of alkyl halides is 1. The monoisotopic (exact) mass is 294 g/mol. The average Bonchev–Trinajstić information content (AvgIpc) is 2.38. The summed E-state index contributed by atoms with van der Waals surface area (Å²) in [6, 6.07) is 0.511. The molecule has 1 fully saturated rings. The van der Waals surface area contributed by atoms with Gasteiger partial charge in [-0.15, -0.1) is 11.6 Å². The van der Waals surface area contributed by atoms with Gasteiger partial charge in [0.15, 0.2) is 0 Å². The van der Waals surface area contributed by atoms with Crippen molar-refractivity contribution in [2.45, 2.75) is 10.9 Å². The first-order valence-electron chi connectivity index (χ1n) is 5.32. The number of aromatic nitrogens is 1. The molecule has 1 unspecified atom stereocenters. The molecular weight excluding hydrogens is 283 g/mol. The summed E-state index contributed by atoms with van der Waals surface area (Å²) in [6.07, 6.45) is 2.08. The molecule has 5 nitrogen and oxygen atoms in total. The van der Waals surface area contributed by atoms with Crippen LogP contribution in [0.2, 0.25) is 0 Å². The summed E-state index contributed by atoms with van der Waals surface area (Å²) in [7, 11) is -3.78. The lowest BCUT2D eigenvalue weighted by Crippen LogP contribution is -2.49. The van der Waals surface area contributed by atoms with E-state index in [-0.39, 0.29) is 23.9 Å². The Hall–Kier alpha value is -0.760. The van der Waals surface area contributed by atoms with Crippen LogP contribution in [0.5, 0.6) is 0 Å². The Kier molecular flexibility index (Phi) is 4.16. The Morgan fingerprint density at radius 1 is 1.56 bits per heavy atom. The highest BCUT2D eigenvalue weighted by molar-refractivity contribution is 7.89. The molecule has 0 aliphatic carbocycles. The minimum absolute atomic E-state index is 0.127. The minimum Gasteiger partial charge on any atom is -0.378 e. The van der Waals surface area contributed by atoms with Gasteiger partial charge in [0.1, 0.15) is 10.7 Å². The first-order valence-corrected chi connectivity index (χ1v) is 7.29. The molecule has 1 aliphatic heterocycles. The maximum Gasteiger partial charge on any atom is 0.245 e. The molecule has 0 bridgehead atoms. The third-order valence-electron chi connectivity index (χ3n) is 2.64. The van der Waals surface area contributed by atoms with Gasteiger partial charge in [-0.05, 0) is 6.07 Å². The fourth-order valence-electron chi connectivity index (χ4n) is 1.75. The maximum absolute atomic E-state index is 13.0. The van der Waals surface area contributed by atoms with Crippen molar-refractivity contribution in [3.8, 4) is 0 Å². The predicted molar refractivity (Wildman–Crippen MR) is 63.4 cm³/mol. The summed E-state index contributed by atoms with van der Waals surface area (Å²) < 4.78 is 44.1. The van der Waals surface area contributed by atoms with E-state index in [0.717, 1.165) is 18.5 Å². The Balaban J connectivity index is 2.35. The number of nitrogens with zero attached hydrogens (tertiary/aromatic N) is 2. The van der Waals surface area contributed by atoms with E-state index in [1.807, 2.05) is 0 Å². The van der Waals surface area contributed by atoms with Crippen LogP contribution in [-0.2, 0) is 14.8 Å². The van der Waals surface area contributed by atoms with Crippen LogP contribution in [0.4, 0.5) is 4.39 Å². The van der Waals surface area contributed by atoms with Crippen LogP contribution in [0.1, 0.15) is 0 Å². The van der Waals surface area contributed by atoms with Crippen LogP contribution < -0.4 is 0 Å². The molecule has 8 heteroatoms. The smallest absolute Gasteiger partial charge is 0.245 e. The second kappa shape index (κ2) is 5.48. The number of sulfonamides is 1. The lowest BCUT2D eigenvalue weighted by atomic mass is 10.3. The zero-order valence-electron chi connectivity index (χ0n) is 9.42. The maximum atomic E-state index is 13.0. The summed E-state index contributed by atoms with van der Waals surface area (Å²) in [4.78, 5) is 3.38. The quantitative estimate of drug-likeness (QED) is 0.776. The number of morpholine rings is 1. The zero-order chi connectivity index (χ0) is 13.2. The molecular formula is C10H12ClFN2O3S. The van der Waals surface area contributed by atoms with E-state index in [1.165, 1.54) is 4.31 Å². The lowest BCUT2D eigenvalue weighted by Gasteiger charge is -2.33. The van der Waals surface area contributed by atoms with Gasteiger partial charge < -0.3 is 4.74 Å². The second-order valence-electron chi connectivity index (χ2n) is 3.84. The van der Waals surface area contributed by atoms with Crippen molar-refractivity contribution in [1.29, 1.82) is 0 Å². The van der Waals surface area contributed by atoms with E-state index < -0.39 is 21.9 Å². The Bertz CT molecular complexity index is 526. The van der Waals surface area contributed by atoms with Crippen molar-refractivity contribution in [2.24, 2.45) is 0 Å². The van der Waals surface area contributed by atoms with E-state index in [4.69, 9.17) is 16.3 Å². The van der Waals surface area contributed by atoms with Crippen LogP contribution in [-0.4, -0.2) is 49.4 Å². The van der Waals surface area contributed by atoms with Gasteiger partial charge in [-0.25, -0.2) is 12.8 Å². The van der Waals surface area contributed by atoms with Crippen LogP contribution in [0, 0.1) is 5.82 Å². The fourth-order valence-corrected chi connectivity index (χ4v) is 3.65. The van der Waals surface area contributed by atoms with E-state index in [1.54, 1.807) is 0 Å². The van der Waals surface area contributed by atoms with Gasteiger partial charge in [0, 0.05) is 18.6 Å². The molecule has 2 heterocycles. The lowest BCUT2D eigenvalue weighted by molar-refractivity contribution is 0.0404. The third kappa shape index (κ3) is 2.64. The Morgan fingerprint density at radius 2 is 2.33 bits per heavy atom. The fraction of sp³-hybridized carbons (Fsp3) is 0.500. The molecule has 2 rings (SSSR count). The van der Waals surface area contributed by atoms with Crippen LogP contribution in [0.15, 0.2) is 23.4 Å². The molecule has 1 aliphatic rings. The van der Waals surface area contributed by atoms with Crippen molar-refractivity contribution in [3.05, 3.63) is 24.3 Å². The zero-order valence-corrected chi connectivity index (χ0v) is 11.0. The topological polar surface area (TPSA) is 59.5 Å². The average molecular weight is 295 g/mol. The van der Waals surface area contributed by atoms with E-state index in [0.29, 0.717) is 6.61 Å². The summed E-state index contributed by atoms with van der Waals surface area (Å²) >= 11 is 5.72. The highest BCUT2D eigenvalue weighted by atomic mass is 35.5. The molecule has 0 N–H and O–H groups in total. The summed E-state index contributed by atoms with van der Waals surface area (Å²) in [5, 5.41) is 0. The van der Waals surface area contributed by atoms with Gasteiger partial charge in [0.05, 0.1) is 25.5 Å². The molecule has 100 valence electrons. The highest BCUT2D eigenvalue weighted by Gasteiger charge is 2.33. The summed E-state index contributed by atoms with van der Waals surface area (Å²) in [5.74, 6) is -0.561. The number of hydrogen-bond donors (Lipinski definition) is 0. The molecule has 0 radical (unpaired) electrons. The Labute approximate surface area is 110 Å². The molecule has 1 saturated heterocycles. The van der Waals surface area contributed by atoms with Crippen LogP contribution in [0.25, 0.3) is 0 Å². The van der Waals surface area contributed by atoms with E-state index >= 15 is 0 Å².